The molecule has 0 unspecified atom stereocenters. The molecular formula is C17H27IN4O. The number of nitrogens with two attached hydrogens (primary N) is 1. The van der Waals surface area contributed by atoms with Crippen LogP contribution in [0.3, 0.4) is 0 Å². The van der Waals surface area contributed by atoms with Crippen LogP contribution in [-0.2, 0) is 6.54 Å². The van der Waals surface area contributed by atoms with E-state index in [1.807, 2.05) is 12.1 Å². The van der Waals surface area contributed by atoms with E-state index >= 15 is 0 Å². The monoisotopic (exact) mass is 430 g/mol. The Morgan fingerprint density at radius 3 is 2.43 bits per heavy atom. The van der Waals surface area contributed by atoms with Crippen molar-refractivity contribution < 1.29 is 4.79 Å². The fourth-order valence-corrected chi connectivity index (χ4v) is 2.71. The SMILES string of the molecule is CCNC(=NCc1ccc(C(N)=O)cc1)NC1CCCCC1.I. The third kappa shape index (κ3) is 6.76. The number of hydrogen-bond acceptors (Lipinski definition) is 2. The van der Waals surface area contributed by atoms with Crippen LogP contribution < -0.4 is 16.4 Å². The Labute approximate surface area is 155 Å². The second kappa shape index (κ2) is 10.5. The lowest BCUT2D eigenvalue weighted by atomic mass is 9.96. The first kappa shape index (κ1) is 19.7. The number of hydrogen-bond donors (Lipinski definition) is 3. The number of halogens is 1. The van der Waals surface area contributed by atoms with Gasteiger partial charge in [0, 0.05) is 18.2 Å². The first-order chi connectivity index (χ1) is 10.7. The maximum absolute atomic E-state index is 11.1. The molecule has 1 aliphatic rings. The molecule has 4 N–H and O–H groups in total. The molecule has 23 heavy (non-hydrogen) atoms. The summed E-state index contributed by atoms with van der Waals surface area (Å²) in [6.07, 6.45) is 6.38. The second-order valence-corrected chi connectivity index (χ2v) is 5.74. The average Bonchev–Trinajstić information content (AvgIpc) is 2.54. The molecule has 0 atom stereocenters. The quantitative estimate of drug-likeness (QED) is 0.382. The molecular weight excluding hydrogens is 403 g/mol. The van der Waals surface area contributed by atoms with E-state index in [2.05, 4.69) is 22.5 Å². The molecule has 0 bridgehead atoms. The van der Waals surface area contributed by atoms with Crippen molar-refractivity contribution in [1.82, 2.24) is 10.6 Å². The molecule has 128 valence electrons. The standard InChI is InChI=1S/C17H26N4O.HI/c1-2-19-17(21-15-6-4-3-5-7-15)20-12-13-8-10-14(11-9-13)16(18)22;/h8-11,15H,2-7,12H2,1H3,(H2,18,22)(H2,19,20,21);1H. The van der Waals surface area contributed by atoms with Crippen molar-refractivity contribution in [3.8, 4) is 0 Å². The number of aliphatic imine (C=N–C) groups is 1. The van der Waals surface area contributed by atoms with Crippen LogP contribution in [0.1, 0.15) is 54.9 Å². The molecule has 5 nitrogen and oxygen atoms in total. The van der Waals surface area contributed by atoms with Crippen molar-refractivity contribution in [3.05, 3.63) is 35.4 Å². The summed E-state index contributed by atoms with van der Waals surface area (Å²) < 4.78 is 0. The van der Waals surface area contributed by atoms with Gasteiger partial charge in [-0.2, -0.15) is 0 Å². The van der Waals surface area contributed by atoms with E-state index < -0.39 is 5.91 Å². The minimum Gasteiger partial charge on any atom is -0.366 e. The molecule has 1 saturated carbocycles. The van der Waals surface area contributed by atoms with Crippen LogP contribution in [0.25, 0.3) is 0 Å². The molecule has 0 heterocycles. The molecule has 1 aromatic carbocycles. The zero-order chi connectivity index (χ0) is 15.8. The molecule has 1 aromatic rings. The molecule has 1 aliphatic carbocycles. The molecule has 6 heteroatoms. The van der Waals surface area contributed by atoms with E-state index in [1.165, 1.54) is 32.1 Å². The third-order valence-electron chi connectivity index (χ3n) is 3.95. The highest BCUT2D eigenvalue weighted by molar-refractivity contribution is 14.0. The number of amides is 1. The summed E-state index contributed by atoms with van der Waals surface area (Å²) in [7, 11) is 0. The van der Waals surface area contributed by atoms with Gasteiger partial charge in [-0.05, 0) is 37.5 Å². The summed E-state index contributed by atoms with van der Waals surface area (Å²) in [6.45, 7) is 3.50. The number of nitrogens with zero attached hydrogens (tertiary/aromatic N) is 1. The maximum Gasteiger partial charge on any atom is 0.248 e. The fraction of sp³-hybridized carbons (Fsp3) is 0.529. The Hall–Kier alpha value is -1.31. The average molecular weight is 430 g/mol. The highest BCUT2D eigenvalue weighted by atomic mass is 127. The van der Waals surface area contributed by atoms with Crippen LogP contribution in [0.2, 0.25) is 0 Å². The molecule has 0 aliphatic heterocycles. The summed E-state index contributed by atoms with van der Waals surface area (Å²) >= 11 is 0. The van der Waals surface area contributed by atoms with Gasteiger partial charge in [-0.1, -0.05) is 31.4 Å². The number of primary amides is 1. The highest BCUT2D eigenvalue weighted by Gasteiger charge is 2.14. The number of benzene rings is 1. The zero-order valence-corrected chi connectivity index (χ0v) is 16.0. The molecule has 2 rings (SSSR count). The predicted molar refractivity (Wildman–Crippen MR) is 105 cm³/mol. The Kier molecular flexibility index (Phi) is 8.98. The van der Waals surface area contributed by atoms with E-state index in [-0.39, 0.29) is 24.0 Å². The van der Waals surface area contributed by atoms with Crippen molar-refractivity contribution in [3.63, 3.8) is 0 Å². The van der Waals surface area contributed by atoms with Crippen molar-refractivity contribution in [1.29, 1.82) is 0 Å². The molecule has 0 aromatic heterocycles. The van der Waals surface area contributed by atoms with E-state index in [0.29, 0.717) is 18.2 Å². The van der Waals surface area contributed by atoms with Gasteiger partial charge in [0.15, 0.2) is 5.96 Å². The Morgan fingerprint density at radius 1 is 1.22 bits per heavy atom. The van der Waals surface area contributed by atoms with Gasteiger partial charge < -0.3 is 16.4 Å². The topological polar surface area (TPSA) is 79.5 Å². The van der Waals surface area contributed by atoms with Crippen LogP contribution in [0.5, 0.6) is 0 Å². The van der Waals surface area contributed by atoms with E-state index in [0.717, 1.165) is 18.1 Å². The van der Waals surface area contributed by atoms with Gasteiger partial charge in [0.2, 0.25) is 5.91 Å². The summed E-state index contributed by atoms with van der Waals surface area (Å²) in [5.41, 5.74) is 6.83. The van der Waals surface area contributed by atoms with Crippen molar-refractivity contribution >= 4 is 35.8 Å². The number of carbonyl (C=O) groups excluding carboxylic acids is 1. The van der Waals surface area contributed by atoms with Crippen LogP contribution in [0.4, 0.5) is 0 Å². The van der Waals surface area contributed by atoms with Gasteiger partial charge in [0.1, 0.15) is 0 Å². The smallest absolute Gasteiger partial charge is 0.248 e. The summed E-state index contributed by atoms with van der Waals surface area (Å²) in [4.78, 5) is 15.7. The highest BCUT2D eigenvalue weighted by Crippen LogP contribution is 2.17. The maximum atomic E-state index is 11.1. The lowest BCUT2D eigenvalue weighted by Crippen LogP contribution is -2.44. The van der Waals surface area contributed by atoms with Crippen molar-refractivity contribution in [2.45, 2.75) is 51.6 Å². The molecule has 1 amide bonds. The van der Waals surface area contributed by atoms with Crippen LogP contribution >= 0.6 is 24.0 Å². The summed E-state index contributed by atoms with van der Waals surface area (Å²) in [5.74, 6) is 0.468. The van der Waals surface area contributed by atoms with Gasteiger partial charge in [0.05, 0.1) is 6.54 Å². The van der Waals surface area contributed by atoms with Crippen LogP contribution in [0.15, 0.2) is 29.3 Å². The van der Waals surface area contributed by atoms with Gasteiger partial charge in [-0.3, -0.25) is 4.79 Å². The molecule has 0 saturated heterocycles. The van der Waals surface area contributed by atoms with Crippen LogP contribution in [0, 0.1) is 0 Å². The summed E-state index contributed by atoms with van der Waals surface area (Å²) in [5, 5.41) is 6.82. The number of guanidine groups is 1. The van der Waals surface area contributed by atoms with E-state index in [9.17, 15) is 4.79 Å². The van der Waals surface area contributed by atoms with Gasteiger partial charge >= 0.3 is 0 Å². The predicted octanol–water partition coefficient (Wildman–Crippen LogP) is 2.79. The van der Waals surface area contributed by atoms with Crippen molar-refractivity contribution in [2.24, 2.45) is 10.7 Å². The third-order valence-corrected chi connectivity index (χ3v) is 3.95. The molecule has 1 fully saturated rings. The number of nitrogens with one attached hydrogen (secondary N) is 2. The minimum atomic E-state index is -0.401. The van der Waals surface area contributed by atoms with E-state index in [4.69, 9.17) is 5.73 Å². The summed E-state index contributed by atoms with van der Waals surface area (Å²) in [6, 6.07) is 7.81. The van der Waals surface area contributed by atoms with Crippen LogP contribution in [-0.4, -0.2) is 24.5 Å². The minimum absolute atomic E-state index is 0. The lowest BCUT2D eigenvalue weighted by Gasteiger charge is -2.24. The van der Waals surface area contributed by atoms with Gasteiger partial charge in [0.25, 0.3) is 0 Å². The first-order valence-corrected chi connectivity index (χ1v) is 8.12. The zero-order valence-electron chi connectivity index (χ0n) is 13.7. The molecule has 0 spiro atoms. The number of rotatable bonds is 5. The van der Waals surface area contributed by atoms with Gasteiger partial charge in [-0.15, -0.1) is 24.0 Å². The number of carbonyl (C=O) groups is 1. The van der Waals surface area contributed by atoms with Gasteiger partial charge in [-0.25, -0.2) is 4.99 Å². The Balaban J connectivity index is 0.00000264. The Bertz CT molecular complexity index is 510. The first-order valence-electron chi connectivity index (χ1n) is 8.12. The lowest BCUT2D eigenvalue weighted by molar-refractivity contribution is 0.100. The molecule has 0 radical (unpaired) electrons. The largest absolute Gasteiger partial charge is 0.366 e. The fourth-order valence-electron chi connectivity index (χ4n) is 2.71. The van der Waals surface area contributed by atoms with E-state index in [1.54, 1.807) is 12.1 Å². The Morgan fingerprint density at radius 2 is 1.87 bits per heavy atom. The van der Waals surface area contributed by atoms with Crippen molar-refractivity contribution in [2.75, 3.05) is 6.54 Å². The normalized spacial score (nSPS) is 15.6. The second-order valence-electron chi connectivity index (χ2n) is 5.74.